The van der Waals surface area contributed by atoms with Gasteiger partial charge in [-0.3, -0.25) is 9.48 Å². The lowest BCUT2D eigenvalue weighted by Crippen LogP contribution is -2.08. The van der Waals surface area contributed by atoms with Gasteiger partial charge in [-0.05, 0) is 13.0 Å². The number of ether oxygens (including phenoxy) is 1. The van der Waals surface area contributed by atoms with Crippen molar-refractivity contribution in [2.24, 2.45) is 7.05 Å². The Morgan fingerprint density at radius 2 is 2.15 bits per heavy atom. The Hall–Kier alpha value is -2.43. The second-order valence-electron chi connectivity index (χ2n) is 4.88. The molecule has 0 spiro atoms. The monoisotopic (exact) mass is 270 g/mol. The van der Waals surface area contributed by atoms with Gasteiger partial charge in [0.2, 0.25) is 0 Å². The molecule has 0 unspecified atom stereocenters. The Balaban J connectivity index is 1.85. The highest BCUT2D eigenvalue weighted by Crippen LogP contribution is 2.33. The lowest BCUT2D eigenvalue weighted by Gasteiger charge is -2.09. The molecule has 0 aliphatic carbocycles. The third kappa shape index (κ3) is 1.91. The molecule has 1 aliphatic rings. The quantitative estimate of drug-likeness (QED) is 0.633. The number of carbonyl (C=O) groups excluding carboxylic acids is 2. The van der Waals surface area contributed by atoms with Crippen molar-refractivity contribution in [2.75, 3.05) is 0 Å². The van der Waals surface area contributed by atoms with E-state index < -0.39 is 6.10 Å². The number of fused-ring (bicyclic) bond motifs is 1. The number of aromatic nitrogens is 2. The van der Waals surface area contributed by atoms with E-state index >= 15 is 0 Å². The van der Waals surface area contributed by atoms with E-state index in [4.69, 9.17) is 4.74 Å². The first-order chi connectivity index (χ1) is 9.58. The average molecular weight is 270 g/mol. The maximum Gasteiger partial charge on any atom is 0.339 e. The highest BCUT2D eigenvalue weighted by atomic mass is 16.5. The summed E-state index contributed by atoms with van der Waals surface area (Å²) < 4.78 is 6.94. The molecule has 0 radical (unpaired) electrons. The molecule has 0 amide bonds. The first-order valence-electron chi connectivity index (χ1n) is 6.39. The van der Waals surface area contributed by atoms with Crippen LogP contribution in [-0.4, -0.2) is 21.5 Å². The highest BCUT2D eigenvalue weighted by molar-refractivity contribution is 5.99. The average Bonchev–Trinajstić information content (AvgIpc) is 2.93. The van der Waals surface area contributed by atoms with Gasteiger partial charge in [-0.25, -0.2) is 4.79 Å². The number of cyclic esters (lactones) is 1. The number of benzene rings is 1. The van der Waals surface area contributed by atoms with Gasteiger partial charge in [0.05, 0.1) is 23.7 Å². The number of ketones is 1. The van der Waals surface area contributed by atoms with Crippen molar-refractivity contribution in [1.29, 1.82) is 0 Å². The third-order valence-electron chi connectivity index (χ3n) is 3.68. The Morgan fingerprint density at radius 3 is 2.85 bits per heavy atom. The molecular formula is C15H14N2O3. The summed E-state index contributed by atoms with van der Waals surface area (Å²) in [6.07, 6.45) is 1.21. The standard InChI is InChI=1S/C15H14N2O3/c1-9-12(8-16-17(9)2)13(18)7-14-10-5-3-4-6-11(10)15(19)20-14/h3-6,8,14H,7H2,1-2H3/t14-/m0/s1. The molecule has 1 aliphatic heterocycles. The van der Waals surface area contributed by atoms with Crippen LogP contribution in [0.3, 0.4) is 0 Å². The highest BCUT2D eigenvalue weighted by Gasteiger charge is 2.32. The van der Waals surface area contributed by atoms with Gasteiger partial charge in [0.25, 0.3) is 0 Å². The van der Waals surface area contributed by atoms with Crippen molar-refractivity contribution in [2.45, 2.75) is 19.4 Å². The summed E-state index contributed by atoms with van der Waals surface area (Å²) in [6, 6.07) is 7.18. The van der Waals surface area contributed by atoms with Crippen LogP contribution in [0.4, 0.5) is 0 Å². The van der Waals surface area contributed by atoms with E-state index in [9.17, 15) is 9.59 Å². The van der Waals surface area contributed by atoms with E-state index in [-0.39, 0.29) is 18.2 Å². The second kappa shape index (κ2) is 4.59. The Kier molecular flexibility index (Phi) is 2.89. The van der Waals surface area contributed by atoms with Crippen LogP contribution in [0.25, 0.3) is 0 Å². The predicted octanol–water partition coefficient (Wildman–Crippen LogP) is 2.21. The van der Waals surface area contributed by atoms with Gasteiger partial charge in [-0.2, -0.15) is 5.10 Å². The summed E-state index contributed by atoms with van der Waals surface area (Å²) >= 11 is 0. The zero-order chi connectivity index (χ0) is 14.3. The summed E-state index contributed by atoms with van der Waals surface area (Å²) in [6.45, 7) is 1.84. The normalized spacial score (nSPS) is 16.9. The molecule has 1 atom stereocenters. The van der Waals surface area contributed by atoms with Crippen molar-refractivity contribution in [3.63, 3.8) is 0 Å². The SMILES string of the molecule is Cc1c(C(=O)C[C@@H]2OC(=O)c3ccccc32)cnn1C. The molecule has 1 aromatic heterocycles. The molecule has 0 saturated heterocycles. The molecule has 102 valence electrons. The van der Waals surface area contributed by atoms with Gasteiger partial charge < -0.3 is 4.74 Å². The van der Waals surface area contributed by atoms with Gasteiger partial charge in [0.1, 0.15) is 6.10 Å². The van der Waals surface area contributed by atoms with Crippen LogP contribution in [0.5, 0.6) is 0 Å². The lowest BCUT2D eigenvalue weighted by atomic mass is 9.99. The third-order valence-corrected chi connectivity index (χ3v) is 3.68. The summed E-state index contributed by atoms with van der Waals surface area (Å²) in [5.41, 5.74) is 2.72. The molecule has 0 saturated carbocycles. The van der Waals surface area contributed by atoms with Crippen molar-refractivity contribution < 1.29 is 14.3 Å². The van der Waals surface area contributed by atoms with Crippen molar-refractivity contribution in [3.05, 3.63) is 52.8 Å². The van der Waals surface area contributed by atoms with Crippen LogP contribution >= 0.6 is 0 Å². The molecule has 5 heteroatoms. The predicted molar refractivity (Wildman–Crippen MR) is 71.5 cm³/mol. The minimum absolute atomic E-state index is 0.0647. The Bertz CT molecular complexity index is 703. The smallest absolute Gasteiger partial charge is 0.339 e. The fourth-order valence-electron chi connectivity index (χ4n) is 2.42. The van der Waals surface area contributed by atoms with E-state index in [1.165, 1.54) is 0 Å². The second-order valence-corrected chi connectivity index (χ2v) is 4.88. The van der Waals surface area contributed by atoms with Crippen molar-refractivity contribution in [3.8, 4) is 0 Å². The van der Waals surface area contributed by atoms with Crippen molar-refractivity contribution >= 4 is 11.8 Å². The van der Waals surface area contributed by atoms with Crippen LogP contribution in [0.1, 0.15) is 44.5 Å². The largest absolute Gasteiger partial charge is 0.453 e. The molecule has 2 aromatic rings. The minimum atomic E-state index is -0.495. The molecule has 5 nitrogen and oxygen atoms in total. The molecule has 0 fully saturated rings. The van der Waals surface area contributed by atoms with E-state index in [0.29, 0.717) is 11.1 Å². The summed E-state index contributed by atoms with van der Waals surface area (Å²) in [5, 5.41) is 4.06. The molecule has 0 N–H and O–H groups in total. The van der Waals surface area contributed by atoms with Crippen LogP contribution in [0.15, 0.2) is 30.5 Å². The fraction of sp³-hybridized carbons (Fsp3) is 0.267. The Labute approximate surface area is 116 Å². The van der Waals surface area contributed by atoms with Gasteiger partial charge in [0.15, 0.2) is 5.78 Å². The Morgan fingerprint density at radius 1 is 1.40 bits per heavy atom. The molecule has 0 bridgehead atoms. The van der Waals surface area contributed by atoms with E-state index in [1.807, 2.05) is 19.1 Å². The molecule has 2 heterocycles. The summed E-state index contributed by atoms with van der Waals surface area (Å²) in [5.74, 6) is -0.425. The molecule has 1 aromatic carbocycles. The summed E-state index contributed by atoms with van der Waals surface area (Å²) in [4.78, 5) is 24.0. The maximum absolute atomic E-state index is 12.3. The number of Topliss-reactive ketones (excluding diaryl/α,β-unsaturated/α-hetero) is 1. The first kappa shape index (κ1) is 12.6. The van der Waals surface area contributed by atoms with Crippen molar-refractivity contribution in [1.82, 2.24) is 9.78 Å². The first-order valence-corrected chi connectivity index (χ1v) is 6.39. The van der Waals surface area contributed by atoms with Crippen LogP contribution in [-0.2, 0) is 11.8 Å². The van der Waals surface area contributed by atoms with E-state index in [2.05, 4.69) is 5.10 Å². The fourth-order valence-corrected chi connectivity index (χ4v) is 2.42. The number of aryl methyl sites for hydroxylation is 1. The maximum atomic E-state index is 12.3. The molecular weight excluding hydrogens is 256 g/mol. The number of hydrogen-bond acceptors (Lipinski definition) is 4. The van der Waals surface area contributed by atoms with E-state index in [0.717, 1.165) is 11.3 Å². The van der Waals surface area contributed by atoms with Gasteiger partial charge in [-0.15, -0.1) is 0 Å². The minimum Gasteiger partial charge on any atom is -0.453 e. The van der Waals surface area contributed by atoms with Gasteiger partial charge >= 0.3 is 5.97 Å². The summed E-state index contributed by atoms with van der Waals surface area (Å²) in [7, 11) is 1.79. The molecule has 20 heavy (non-hydrogen) atoms. The van der Waals surface area contributed by atoms with Gasteiger partial charge in [0, 0.05) is 18.3 Å². The van der Waals surface area contributed by atoms with Gasteiger partial charge in [-0.1, -0.05) is 18.2 Å². The number of rotatable bonds is 3. The topological polar surface area (TPSA) is 61.2 Å². The number of carbonyl (C=O) groups is 2. The number of nitrogens with zero attached hydrogens (tertiary/aromatic N) is 2. The number of hydrogen-bond donors (Lipinski definition) is 0. The molecule has 3 rings (SSSR count). The van der Waals surface area contributed by atoms with Crippen LogP contribution in [0.2, 0.25) is 0 Å². The zero-order valence-electron chi connectivity index (χ0n) is 11.3. The lowest BCUT2D eigenvalue weighted by molar-refractivity contribution is 0.0367. The zero-order valence-corrected chi connectivity index (χ0v) is 11.3. The number of esters is 1. The van der Waals surface area contributed by atoms with Crippen LogP contribution < -0.4 is 0 Å². The van der Waals surface area contributed by atoms with E-state index in [1.54, 1.807) is 30.1 Å². The van der Waals surface area contributed by atoms with Crippen LogP contribution in [0, 0.1) is 6.92 Å².